The van der Waals surface area contributed by atoms with Gasteiger partial charge in [-0.1, -0.05) is 17.7 Å². The van der Waals surface area contributed by atoms with Gasteiger partial charge >= 0.3 is 6.18 Å². The van der Waals surface area contributed by atoms with Crippen LogP contribution in [0.3, 0.4) is 0 Å². The van der Waals surface area contributed by atoms with Crippen molar-refractivity contribution in [2.75, 3.05) is 0 Å². The van der Waals surface area contributed by atoms with Crippen molar-refractivity contribution < 1.29 is 13.2 Å². The van der Waals surface area contributed by atoms with Gasteiger partial charge in [-0.15, -0.1) is 0 Å². The smallest absolute Gasteiger partial charge is 0.286 e. The highest BCUT2D eigenvalue weighted by molar-refractivity contribution is 5.35. The summed E-state index contributed by atoms with van der Waals surface area (Å²) >= 11 is 0. The third-order valence-electron chi connectivity index (χ3n) is 2.70. The molecule has 2 rings (SSSR count). The van der Waals surface area contributed by atoms with Crippen molar-refractivity contribution in [3.63, 3.8) is 0 Å². The van der Waals surface area contributed by atoms with Gasteiger partial charge in [0.2, 0.25) is 0 Å². The minimum atomic E-state index is -4.56. The lowest BCUT2D eigenvalue weighted by atomic mass is 10.2. The molecule has 0 saturated carbocycles. The SMILES string of the molecule is Cc1ccc(-n2[nH]c(C(F)(F)F)c(C)c2=O)cc1. The zero-order chi connectivity index (χ0) is 13.5. The summed E-state index contributed by atoms with van der Waals surface area (Å²) in [6, 6.07) is 6.63. The minimum Gasteiger partial charge on any atom is -0.286 e. The molecule has 1 aromatic carbocycles. The maximum atomic E-state index is 12.6. The number of nitrogens with zero attached hydrogens (tertiary/aromatic N) is 1. The molecule has 0 fully saturated rings. The molecule has 2 aromatic rings. The van der Waals surface area contributed by atoms with Crippen LogP contribution in [0, 0.1) is 13.8 Å². The van der Waals surface area contributed by atoms with Crippen LogP contribution >= 0.6 is 0 Å². The number of nitrogens with one attached hydrogen (secondary N) is 1. The molecule has 0 aliphatic carbocycles. The Morgan fingerprint density at radius 3 is 2.11 bits per heavy atom. The number of halogens is 3. The van der Waals surface area contributed by atoms with Gasteiger partial charge in [0.05, 0.1) is 5.69 Å². The van der Waals surface area contributed by atoms with Gasteiger partial charge in [-0.05, 0) is 26.0 Å². The number of benzene rings is 1. The third kappa shape index (κ3) is 2.05. The molecule has 6 heteroatoms. The summed E-state index contributed by atoms with van der Waals surface area (Å²) in [6.07, 6.45) is -4.56. The second-order valence-electron chi connectivity index (χ2n) is 4.09. The number of aryl methyl sites for hydroxylation is 1. The van der Waals surface area contributed by atoms with Crippen molar-refractivity contribution in [2.24, 2.45) is 0 Å². The van der Waals surface area contributed by atoms with Crippen molar-refractivity contribution >= 4 is 0 Å². The van der Waals surface area contributed by atoms with Crippen LogP contribution in [-0.4, -0.2) is 9.78 Å². The normalized spacial score (nSPS) is 11.8. The van der Waals surface area contributed by atoms with Crippen molar-refractivity contribution in [1.29, 1.82) is 0 Å². The summed E-state index contributed by atoms with van der Waals surface area (Å²) in [5, 5.41) is 2.10. The van der Waals surface area contributed by atoms with Gasteiger partial charge in [0.15, 0.2) is 0 Å². The first-order valence-electron chi connectivity index (χ1n) is 5.26. The topological polar surface area (TPSA) is 37.8 Å². The highest BCUT2D eigenvalue weighted by Crippen LogP contribution is 2.29. The van der Waals surface area contributed by atoms with E-state index in [4.69, 9.17) is 0 Å². The van der Waals surface area contributed by atoms with E-state index in [1.807, 2.05) is 6.92 Å². The number of aromatic nitrogens is 2. The van der Waals surface area contributed by atoms with Crippen LogP contribution < -0.4 is 5.56 Å². The lowest BCUT2D eigenvalue weighted by molar-refractivity contribution is -0.141. The molecule has 3 nitrogen and oxygen atoms in total. The van der Waals surface area contributed by atoms with Crippen LogP contribution in [-0.2, 0) is 6.18 Å². The Bertz CT molecular complexity index is 620. The van der Waals surface area contributed by atoms with Gasteiger partial charge in [-0.3, -0.25) is 9.89 Å². The fourth-order valence-electron chi connectivity index (χ4n) is 1.67. The number of aromatic amines is 1. The second kappa shape index (κ2) is 4.04. The molecular weight excluding hydrogens is 245 g/mol. The predicted molar refractivity (Wildman–Crippen MR) is 60.9 cm³/mol. The van der Waals surface area contributed by atoms with Gasteiger partial charge in [-0.25, -0.2) is 4.68 Å². The minimum absolute atomic E-state index is 0.330. The number of hydrogen-bond acceptors (Lipinski definition) is 1. The molecule has 0 bridgehead atoms. The van der Waals surface area contributed by atoms with Crippen molar-refractivity contribution in [3.8, 4) is 5.69 Å². The maximum absolute atomic E-state index is 12.6. The zero-order valence-corrected chi connectivity index (χ0v) is 9.80. The fourth-order valence-corrected chi connectivity index (χ4v) is 1.67. The Morgan fingerprint density at radius 2 is 1.67 bits per heavy atom. The molecule has 1 aromatic heterocycles. The summed E-state index contributed by atoms with van der Waals surface area (Å²) in [4.78, 5) is 11.8. The number of rotatable bonds is 1. The summed E-state index contributed by atoms with van der Waals surface area (Å²) < 4.78 is 38.8. The maximum Gasteiger partial charge on any atom is 0.433 e. The van der Waals surface area contributed by atoms with Crippen molar-refractivity contribution in [3.05, 3.63) is 51.4 Å². The lowest BCUT2D eigenvalue weighted by Gasteiger charge is -2.05. The number of H-pyrrole nitrogens is 1. The van der Waals surface area contributed by atoms with Crippen LogP contribution in [0.4, 0.5) is 13.2 Å². The van der Waals surface area contributed by atoms with Crippen molar-refractivity contribution in [1.82, 2.24) is 9.78 Å². The molecular formula is C12H11F3N2O. The summed E-state index contributed by atoms with van der Waals surface area (Å²) in [5.41, 5.74) is -0.683. The second-order valence-corrected chi connectivity index (χ2v) is 4.09. The van der Waals surface area contributed by atoms with E-state index >= 15 is 0 Å². The summed E-state index contributed by atoms with van der Waals surface area (Å²) in [7, 11) is 0. The monoisotopic (exact) mass is 256 g/mol. The lowest BCUT2D eigenvalue weighted by Crippen LogP contribution is -2.15. The third-order valence-corrected chi connectivity index (χ3v) is 2.70. The Labute approximate surface area is 101 Å². The molecule has 0 amide bonds. The molecule has 0 atom stereocenters. The standard InChI is InChI=1S/C12H11F3N2O/c1-7-3-5-9(6-4-7)17-11(18)8(2)10(16-17)12(13,14)15/h3-6,16H,1-2H3. The Morgan fingerprint density at radius 1 is 1.11 bits per heavy atom. The molecule has 18 heavy (non-hydrogen) atoms. The molecule has 0 radical (unpaired) electrons. The first-order valence-corrected chi connectivity index (χ1v) is 5.26. The van der Waals surface area contributed by atoms with E-state index in [0.29, 0.717) is 5.69 Å². The largest absolute Gasteiger partial charge is 0.433 e. The van der Waals surface area contributed by atoms with Crippen LogP contribution in [0.15, 0.2) is 29.1 Å². The summed E-state index contributed by atoms with van der Waals surface area (Å²) in [5.74, 6) is 0. The number of alkyl halides is 3. The zero-order valence-electron chi connectivity index (χ0n) is 9.80. The van der Waals surface area contributed by atoms with E-state index in [1.54, 1.807) is 24.3 Å². The Kier molecular flexibility index (Phi) is 2.80. The molecule has 0 unspecified atom stereocenters. The molecule has 0 aliphatic heterocycles. The van der Waals surface area contributed by atoms with E-state index in [-0.39, 0.29) is 5.56 Å². The Balaban J connectivity index is 2.60. The molecule has 0 saturated heterocycles. The van der Waals surface area contributed by atoms with E-state index in [1.165, 1.54) is 0 Å². The highest BCUT2D eigenvalue weighted by atomic mass is 19.4. The first kappa shape index (κ1) is 12.5. The average molecular weight is 256 g/mol. The molecule has 1 heterocycles. The van der Waals surface area contributed by atoms with Gasteiger partial charge < -0.3 is 0 Å². The van der Waals surface area contributed by atoms with Crippen LogP contribution in [0.1, 0.15) is 16.8 Å². The van der Waals surface area contributed by atoms with Crippen LogP contribution in [0.25, 0.3) is 5.69 Å². The Hall–Kier alpha value is -1.98. The molecule has 1 N–H and O–H groups in total. The molecule has 96 valence electrons. The van der Waals surface area contributed by atoms with Gasteiger partial charge in [-0.2, -0.15) is 13.2 Å². The highest BCUT2D eigenvalue weighted by Gasteiger charge is 2.36. The average Bonchev–Trinajstić information content (AvgIpc) is 2.57. The summed E-state index contributed by atoms with van der Waals surface area (Å²) in [6.45, 7) is 3.01. The van der Waals surface area contributed by atoms with E-state index in [0.717, 1.165) is 17.2 Å². The molecule has 0 aliphatic rings. The molecule has 0 spiro atoms. The predicted octanol–water partition coefficient (Wildman–Crippen LogP) is 2.80. The quantitative estimate of drug-likeness (QED) is 0.837. The van der Waals surface area contributed by atoms with Crippen molar-refractivity contribution in [2.45, 2.75) is 20.0 Å². The van der Waals surface area contributed by atoms with Crippen LogP contribution in [0.5, 0.6) is 0 Å². The number of hydrogen-bond donors (Lipinski definition) is 1. The van der Waals surface area contributed by atoms with Gasteiger partial charge in [0, 0.05) is 5.56 Å². The van der Waals surface area contributed by atoms with E-state index < -0.39 is 17.4 Å². The van der Waals surface area contributed by atoms with Gasteiger partial charge in [0.1, 0.15) is 5.69 Å². The van der Waals surface area contributed by atoms with E-state index in [9.17, 15) is 18.0 Å². The first-order chi connectivity index (χ1) is 8.30. The van der Waals surface area contributed by atoms with Crippen LogP contribution in [0.2, 0.25) is 0 Å². The van der Waals surface area contributed by atoms with Gasteiger partial charge in [0.25, 0.3) is 5.56 Å². The van der Waals surface area contributed by atoms with E-state index in [2.05, 4.69) is 5.10 Å². The fraction of sp³-hybridized carbons (Fsp3) is 0.250.